The van der Waals surface area contributed by atoms with Gasteiger partial charge in [-0.1, -0.05) is 36.9 Å². The Bertz CT molecular complexity index is 1260. The van der Waals surface area contributed by atoms with Crippen LogP contribution in [0.1, 0.15) is 39.3 Å². The first-order valence-corrected chi connectivity index (χ1v) is 12.5. The molecule has 2 heterocycles. The highest BCUT2D eigenvalue weighted by Gasteiger charge is 2.35. The molecule has 184 valence electrons. The molecule has 35 heavy (non-hydrogen) atoms. The van der Waals surface area contributed by atoms with E-state index in [9.17, 15) is 9.90 Å². The Morgan fingerprint density at radius 3 is 2.63 bits per heavy atom. The molecule has 10 heteroatoms. The maximum Gasteiger partial charge on any atom is 0.255 e. The lowest BCUT2D eigenvalue weighted by atomic mass is 9.94. The summed E-state index contributed by atoms with van der Waals surface area (Å²) < 4.78 is 13.0. The summed E-state index contributed by atoms with van der Waals surface area (Å²) in [5.41, 5.74) is 2.43. The molecule has 0 bridgehead atoms. The molecule has 1 atom stereocenters. The van der Waals surface area contributed by atoms with Crippen molar-refractivity contribution in [2.24, 2.45) is 0 Å². The van der Waals surface area contributed by atoms with Crippen molar-refractivity contribution in [1.29, 1.82) is 0 Å². The predicted octanol–water partition coefficient (Wildman–Crippen LogP) is 4.82. The van der Waals surface area contributed by atoms with Gasteiger partial charge in [-0.2, -0.15) is 4.98 Å². The molecule has 1 unspecified atom stereocenters. The third-order valence-corrected chi connectivity index (χ3v) is 6.11. The van der Waals surface area contributed by atoms with Gasteiger partial charge in [0.1, 0.15) is 11.8 Å². The van der Waals surface area contributed by atoms with Crippen molar-refractivity contribution in [2.45, 2.75) is 38.9 Å². The first kappa shape index (κ1) is 24.5. The number of phenolic OH excluding ortho intramolecular Hbond substituents is 1. The van der Waals surface area contributed by atoms with E-state index in [4.69, 9.17) is 9.47 Å². The van der Waals surface area contributed by atoms with E-state index in [-0.39, 0.29) is 11.7 Å². The molecule has 1 amide bonds. The predicted molar refractivity (Wildman–Crippen MR) is 136 cm³/mol. The van der Waals surface area contributed by atoms with E-state index in [0.717, 1.165) is 11.3 Å². The number of fused-ring (bicyclic) bond motifs is 1. The number of hydrogen-bond acceptors (Lipinski definition) is 8. The van der Waals surface area contributed by atoms with Crippen LogP contribution < -0.4 is 20.1 Å². The third-order valence-electron chi connectivity index (χ3n) is 5.39. The van der Waals surface area contributed by atoms with Crippen molar-refractivity contribution in [2.75, 3.05) is 29.6 Å². The van der Waals surface area contributed by atoms with Gasteiger partial charge in [0.05, 0.1) is 24.5 Å². The molecule has 2 aromatic carbocycles. The van der Waals surface area contributed by atoms with Gasteiger partial charge in [0, 0.05) is 5.70 Å². The number of benzene rings is 2. The lowest BCUT2D eigenvalue weighted by Gasteiger charge is -2.29. The highest BCUT2D eigenvalue weighted by molar-refractivity contribution is 7.99. The van der Waals surface area contributed by atoms with Crippen molar-refractivity contribution < 1.29 is 19.4 Å². The van der Waals surface area contributed by atoms with Crippen LogP contribution >= 0.6 is 11.8 Å². The van der Waals surface area contributed by atoms with Gasteiger partial charge in [-0.15, -0.1) is 5.10 Å². The van der Waals surface area contributed by atoms with Crippen LogP contribution in [0.15, 0.2) is 58.9 Å². The molecule has 9 nitrogen and oxygen atoms in total. The van der Waals surface area contributed by atoms with E-state index in [2.05, 4.69) is 20.7 Å². The number of nitrogens with one attached hydrogen (secondary N) is 2. The van der Waals surface area contributed by atoms with E-state index in [1.165, 1.54) is 11.8 Å². The van der Waals surface area contributed by atoms with Gasteiger partial charge in [-0.3, -0.25) is 4.79 Å². The van der Waals surface area contributed by atoms with Crippen LogP contribution in [0.25, 0.3) is 0 Å². The Morgan fingerprint density at radius 1 is 1.14 bits per heavy atom. The van der Waals surface area contributed by atoms with Crippen molar-refractivity contribution in [3.05, 3.63) is 59.3 Å². The molecule has 0 saturated heterocycles. The normalized spacial score (nSPS) is 14.8. The lowest BCUT2D eigenvalue weighted by Crippen LogP contribution is -2.31. The zero-order chi connectivity index (χ0) is 24.9. The number of rotatable bonds is 9. The van der Waals surface area contributed by atoms with Gasteiger partial charge in [-0.25, -0.2) is 4.68 Å². The number of aromatic nitrogens is 3. The first-order valence-electron chi connectivity index (χ1n) is 11.5. The highest BCUT2D eigenvalue weighted by Crippen LogP contribution is 2.40. The molecule has 4 rings (SSSR count). The van der Waals surface area contributed by atoms with Crippen LogP contribution in [0.3, 0.4) is 0 Å². The summed E-state index contributed by atoms with van der Waals surface area (Å²) in [6.07, 6.45) is 0. The molecule has 1 aliphatic heterocycles. The SMILES string of the molecule is CCOc1cc(C2C(C(=O)Nc3ccccc3OCC)=C(C)Nc3nc(SCC)nn32)ccc1O. The van der Waals surface area contributed by atoms with E-state index < -0.39 is 6.04 Å². The largest absolute Gasteiger partial charge is 0.504 e. The van der Waals surface area contributed by atoms with Crippen LogP contribution in [-0.4, -0.2) is 44.7 Å². The highest BCUT2D eigenvalue weighted by atomic mass is 32.2. The van der Waals surface area contributed by atoms with E-state index >= 15 is 0 Å². The van der Waals surface area contributed by atoms with Gasteiger partial charge in [0.15, 0.2) is 11.5 Å². The Hall–Kier alpha value is -3.66. The molecular formula is C25H29N5O4S. The second-order valence-electron chi connectivity index (χ2n) is 7.71. The minimum atomic E-state index is -0.594. The standard InChI is InChI=1S/C25H29N5O4S/c1-5-33-19-11-9-8-10-17(19)27-23(32)21-15(4)26-24-28-25(35-7-3)29-30(24)22(21)16-12-13-18(31)20(14-16)34-6-2/h8-14,22,31H,5-7H2,1-4H3,(H,27,32)(H,26,28,29). The van der Waals surface area contributed by atoms with E-state index in [0.29, 0.717) is 52.8 Å². The zero-order valence-electron chi connectivity index (χ0n) is 20.2. The second kappa shape index (κ2) is 10.7. The number of carbonyl (C=O) groups excluding carboxylic acids is 1. The number of allylic oxidation sites excluding steroid dienone is 1. The number of phenols is 1. The topological polar surface area (TPSA) is 111 Å². The van der Waals surface area contributed by atoms with Crippen LogP contribution in [0, 0.1) is 0 Å². The van der Waals surface area contributed by atoms with Crippen molar-refractivity contribution in [1.82, 2.24) is 14.8 Å². The summed E-state index contributed by atoms with van der Waals surface area (Å²) in [5, 5.41) is 21.8. The molecule has 0 radical (unpaired) electrons. The molecule has 3 N–H and O–H groups in total. The number of ether oxygens (including phenoxy) is 2. The summed E-state index contributed by atoms with van der Waals surface area (Å²) in [4.78, 5) is 18.3. The van der Waals surface area contributed by atoms with Crippen molar-refractivity contribution >= 4 is 29.3 Å². The van der Waals surface area contributed by atoms with Gasteiger partial charge >= 0.3 is 0 Å². The Balaban J connectivity index is 1.79. The fraction of sp³-hybridized carbons (Fsp3) is 0.320. The number of hydrogen-bond donors (Lipinski definition) is 3. The van der Waals surface area contributed by atoms with Crippen molar-refractivity contribution in [3.8, 4) is 17.2 Å². The number of amides is 1. The maximum absolute atomic E-state index is 13.7. The number of anilines is 2. The average Bonchev–Trinajstić information content (AvgIpc) is 3.23. The smallest absolute Gasteiger partial charge is 0.255 e. The lowest BCUT2D eigenvalue weighted by molar-refractivity contribution is -0.113. The Kier molecular flexibility index (Phi) is 7.50. The number of nitrogens with zero attached hydrogens (tertiary/aromatic N) is 3. The molecule has 1 aliphatic rings. The summed E-state index contributed by atoms with van der Waals surface area (Å²) in [7, 11) is 0. The van der Waals surface area contributed by atoms with Gasteiger partial charge < -0.3 is 25.2 Å². The third kappa shape index (κ3) is 5.07. The molecular weight excluding hydrogens is 466 g/mol. The number of aromatic hydroxyl groups is 1. The minimum Gasteiger partial charge on any atom is -0.504 e. The summed E-state index contributed by atoms with van der Waals surface area (Å²) in [6, 6.07) is 11.8. The molecule has 0 spiro atoms. The van der Waals surface area contributed by atoms with Gasteiger partial charge in [0.25, 0.3) is 5.91 Å². The fourth-order valence-corrected chi connectivity index (χ4v) is 4.49. The van der Waals surface area contributed by atoms with Crippen molar-refractivity contribution in [3.63, 3.8) is 0 Å². The zero-order valence-corrected chi connectivity index (χ0v) is 21.0. The summed E-state index contributed by atoms with van der Waals surface area (Å²) in [5.74, 6) is 2.02. The summed E-state index contributed by atoms with van der Waals surface area (Å²) in [6.45, 7) is 8.48. The number of thioether (sulfide) groups is 1. The molecule has 3 aromatic rings. The van der Waals surface area contributed by atoms with Crippen LogP contribution in [-0.2, 0) is 4.79 Å². The number of para-hydroxylation sites is 2. The minimum absolute atomic E-state index is 0.0305. The first-order chi connectivity index (χ1) is 17.0. The maximum atomic E-state index is 13.7. The fourth-order valence-electron chi connectivity index (χ4n) is 3.94. The molecule has 0 fully saturated rings. The van der Waals surface area contributed by atoms with E-state index in [1.54, 1.807) is 28.9 Å². The molecule has 0 aliphatic carbocycles. The summed E-state index contributed by atoms with van der Waals surface area (Å²) >= 11 is 1.52. The average molecular weight is 496 g/mol. The van der Waals surface area contributed by atoms with Crippen LogP contribution in [0.5, 0.6) is 17.2 Å². The Labute approximate surface area is 208 Å². The second-order valence-corrected chi connectivity index (χ2v) is 8.94. The number of carbonyl (C=O) groups is 1. The van der Waals surface area contributed by atoms with Crippen LogP contribution in [0.4, 0.5) is 11.6 Å². The molecule has 1 aromatic heterocycles. The molecule has 0 saturated carbocycles. The van der Waals surface area contributed by atoms with Gasteiger partial charge in [0.2, 0.25) is 11.1 Å². The van der Waals surface area contributed by atoms with Gasteiger partial charge in [-0.05, 0) is 56.4 Å². The van der Waals surface area contributed by atoms with Crippen LogP contribution in [0.2, 0.25) is 0 Å². The quantitative estimate of drug-likeness (QED) is 0.363. The Morgan fingerprint density at radius 2 is 1.89 bits per heavy atom. The monoisotopic (exact) mass is 495 g/mol. The van der Waals surface area contributed by atoms with E-state index in [1.807, 2.05) is 45.9 Å².